The first kappa shape index (κ1) is 19.1. The fourth-order valence-electron chi connectivity index (χ4n) is 4.26. The van der Waals surface area contributed by atoms with Crippen LogP contribution in [0.1, 0.15) is 35.4 Å². The van der Waals surface area contributed by atoms with E-state index < -0.39 is 29.8 Å². The van der Waals surface area contributed by atoms with Gasteiger partial charge in [0, 0.05) is 5.92 Å². The Morgan fingerprint density at radius 3 is 2.37 bits per heavy atom. The van der Waals surface area contributed by atoms with E-state index >= 15 is 0 Å². The molecule has 0 bridgehead atoms. The molecule has 0 aromatic heterocycles. The van der Waals surface area contributed by atoms with E-state index in [1.165, 1.54) is 0 Å². The highest BCUT2D eigenvalue weighted by Gasteiger charge is 2.43. The van der Waals surface area contributed by atoms with Gasteiger partial charge < -0.3 is 16.6 Å². The number of rotatable bonds is 8. The molecule has 142 valence electrons. The van der Waals surface area contributed by atoms with Crippen molar-refractivity contribution in [3.05, 3.63) is 71.3 Å². The van der Waals surface area contributed by atoms with Crippen molar-refractivity contribution in [3.8, 4) is 0 Å². The molecule has 27 heavy (non-hydrogen) atoms. The summed E-state index contributed by atoms with van der Waals surface area (Å²) in [6.45, 7) is 0. The number of fused-ring (bicyclic) bond motifs is 1. The van der Waals surface area contributed by atoms with Gasteiger partial charge in [-0.25, -0.2) is 0 Å². The summed E-state index contributed by atoms with van der Waals surface area (Å²) >= 11 is 0. The van der Waals surface area contributed by atoms with Crippen LogP contribution in [-0.2, 0) is 22.4 Å². The first-order chi connectivity index (χ1) is 13.0. The zero-order valence-electron chi connectivity index (χ0n) is 15.3. The Kier molecular flexibility index (Phi) is 5.91. The van der Waals surface area contributed by atoms with Crippen molar-refractivity contribution in [1.82, 2.24) is 0 Å². The monoisotopic (exact) mass is 366 g/mol. The normalized spacial score (nSPS) is 20.6. The summed E-state index contributed by atoms with van der Waals surface area (Å²) in [6, 6.07) is 17.5. The Morgan fingerprint density at radius 2 is 1.70 bits per heavy atom. The smallest absolute Gasteiger partial charge is 0.225 e. The standard InChI is InChI=1S/C22H26N2O3/c23-21(26)19(13-16(25)11-10-14-6-2-1-3-7-14)18-12-15-8-4-5-9-17(15)20(18)22(24)27/h1-9,16,18-20,25H,10-13H2,(H2,23,26)(H2,24,27)/t16-,18?,19-,20+/m0/s1. The number of aliphatic hydroxyl groups is 1. The average molecular weight is 366 g/mol. The molecule has 2 amide bonds. The Balaban J connectivity index is 1.71. The van der Waals surface area contributed by atoms with Crippen LogP contribution in [-0.4, -0.2) is 23.0 Å². The first-order valence-corrected chi connectivity index (χ1v) is 9.35. The summed E-state index contributed by atoms with van der Waals surface area (Å²) in [5.74, 6) is -2.38. The predicted octanol–water partition coefficient (Wildman–Crippen LogP) is 1.91. The summed E-state index contributed by atoms with van der Waals surface area (Å²) in [5.41, 5.74) is 14.4. The SMILES string of the molecule is NC(=O)[C@@H](C[C@@H](O)CCc1ccccc1)C1Cc2ccccc2[C@H]1C(N)=O. The molecule has 5 nitrogen and oxygen atoms in total. The molecule has 1 aliphatic rings. The number of carbonyl (C=O) groups excluding carboxylic acids is 2. The zero-order chi connectivity index (χ0) is 19.4. The van der Waals surface area contributed by atoms with Gasteiger partial charge in [0.15, 0.2) is 0 Å². The maximum Gasteiger partial charge on any atom is 0.225 e. The molecule has 1 aliphatic carbocycles. The molecule has 0 spiro atoms. The summed E-state index contributed by atoms with van der Waals surface area (Å²) < 4.78 is 0. The van der Waals surface area contributed by atoms with Crippen molar-refractivity contribution in [2.75, 3.05) is 0 Å². The molecule has 0 heterocycles. The van der Waals surface area contributed by atoms with Gasteiger partial charge in [0.1, 0.15) is 0 Å². The molecule has 5 N–H and O–H groups in total. The van der Waals surface area contributed by atoms with Crippen LogP contribution in [0.5, 0.6) is 0 Å². The van der Waals surface area contributed by atoms with Gasteiger partial charge in [-0.05, 0) is 48.3 Å². The molecule has 0 radical (unpaired) electrons. The van der Waals surface area contributed by atoms with Gasteiger partial charge in [0.25, 0.3) is 0 Å². The van der Waals surface area contributed by atoms with E-state index in [1.54, 1.807) is 0 Å². The van der Waals surface area contributed by atoms with Gasteiger partial charge in [-0.2, -0.15) is 0 Å². The van der Waals surface area contributed by atoms with Gasteiger partial charge in [-0.3, -0.25) is 9.59 Å². The van der Waals surface area contributed by atoms with Crippen LogP contribution in [0.4, 0.5) is 0 Å². The van der Waals surface area contributed by atoms with E-state index in [1.807, 2.05) is 54.6 Å². The number of aliphatic hydroxyl groups excluding tert-OH is 1. The maximum absolute atomic E-state index is 12.2. The van der Waals surface area contributed by atoms with Gasteiger partial charge in [0.2, 0.25) is 11.8 Å². The Hall–Kier alpha value is -2.66. The van der Waals surface area contributed by atoms with Crippen LogP contribution < -0.4 is 11.5 Å². The van der Waals surface area contributed by atoms with E-state index in [0.29, 0.717) is 12.8 Å². The molecule has 5 heteroatoms. The molecule has 1 unspecified atom stereocenters. The first-order valence-electron chi connectivity index (χ1n) is 9.35. The minimum atomic E-state index is -0.667. The third-order valence-electron chi connectivity index (χ3n) is 5.60. The van der Waals surface area contributed by atoms with Crippen molar-refractivity contribution in [2.45, 2.75) is 37.7 Å². The number of hydrogen-bond acceptors (Lipinski definition) is 3. The molecule has 0 fully saturated rings. The molecule has 4 atom stereocenters. The van der Waals surface area contributed by atoms with E-state index in [2.05, 4.69) is 0 Å². The van der Waals surface area contributed by atoms with Crippen LogP contribution in [0, 0.1) is 11.8 Å². The third kappa shape index (κ3) is 4.37. The Bertz CT molecular complexity index is 806. The number of aryl methyl sites for hydroxylation is 1. The zero-order valence-corrected chi connectivity index (χ0v) is 15.3. The van der Waals surface area contributed by atoms with Crippen molar-refractivity contribution in [3.63, 3.8) is 0 Å². The lowest BCUT2D eigenvalue weighted by atomic mass is 9.78. The number of nitrogens with two attached hydrogens (primary N) is 2. The lowest BCUT2D eigenvalue weighted by molar-refractivity contribution is -0.126. The molecule has 2 aromatic rings. The molecule has 3 rings (SSSR count). The molecule has 0 saturated carbocycles. The fraction of sp³-hybridized carbons (Fsp3) is 0.364. The summed E-state index contributed by atoms with van der Waals surface area (Å²) in [7, 11) is 0. The molecular formula is C22H26N2O3. The largest absolute Gasteiger partial charge is 0.393 e. The average Bonchev–Trinajstić information content (AvgIpc) is 3.04. The van der Waals surface area contributed by atoms with Crippen LogP contribution in [0.15, 0.2) is 54.6 Å². The quantitative estimate of drug-likeness (QED) is 0.664. The number of carbonyl (C=O) groups is 2. The van der Waals surface area contributed by atoms with Crippen molar-refractivity contribution in [1.29, 1.82) is 0 Å². The van der Waals surface area contributed by atoms with Crippen molar-refractivity contribution < 1.29 is 14.7 Å². The number of primary amides is 2. The highest BCUT2D eigenvalue weighted by Crippen LogP contribution is 2.43. The van der Waals surface area contributed by atoms with Crippen molar-refractivity contribution in [2.24, 2.45) is 23.3 Å². The summed E-state index contributed by atoms with van der Waals surface area (Å²) in [5, 5.41) is 10.5. The van der Waals surface area contributed by atoms with E-state index in [9.17, 15) is 14.7 Å². The molecule has 0 saturated heterocycles. The molecule has 0 aliphatic heterocycles. The summed E-state index contributed by atoms with van der Waals surface area (Å²) in [4.78, 5) is 24.3. The highest BCUT2D eigenvalue weighted by molar-refractivity contribution is 5.86. The number of hydrogen-bond donors (Lipinski definition) is 3. The van der Waals surface area contributed by atoms with Crippen LogP contribution in [0.25, 0.3) is 0 Å². The molecule has 2 aromatic carbocycles. The van der Waals surface area contributed by atoms with E-state index in [-0.39, 0.29) is 12.3 Å². The number of benzene rings is 2. The van der Waals surface area contributed by atoms with E-state index in [0.717, 1.165) is 23.1 Å². The fourth-order valence-corrected chi connectivity index (χ4v) is 4.26. The van der Waals surface area contributed by atoms with Crippen LogP contribution in [0.2, 0.25) is 0 Å². The highest BCUT2D eigenvalue weighted by atomic mass is 16.3. The Morgan fingerprint density at radius 1 is 1.04 bits per heavy atom. The van der Waals surface area contributed by atoms with Gasteiger partial charge in [0.05, 0.1) is 12.0 Å². The maximum atomic E-state index is 12.2. The third-order valence-corrected chi connectivity index (χ3v) is 5.60. The second-order valence-corrected chi connectivity index (χ2v) is 7.37. The second-order valence-electron chi connectivity index (χ2n) is 7.37. The minimum Gasteiger partial charge on any atom is -0.393 e. The van der Waals surface area contributed by atoms with Crippen LogP contribution >= 0.6 is 0 Å². The predicted molar refractivity (Wildman–Crippen MR) is 104 cm³/mol. The van der Waals surface area contributed by atoms with Crippen LogP contribution in [0.3, 0.4) is 0 Å². The minimum absolute atomic E-state index is 0.241. The molecular weight excluding hydrogens is 340 g/mol. The van der Waals surface area contributed by atoms with Gasteiger partial charge >= 0.3 is 0 Å². The van der Waals surface area contributed by atoms with Crippen molar-refractivity contribution >= 4 is 11.8 Å². The van der Waals surface area contributed by atoms with Gasteiger partial charge in [-0.15, -0.1) is 0 Å². The lowest BCUT2D eigenvalue weighted by Crippen LogP contribution is -2.38. The Labute approximate surface area is 159 Å². The lowest BCUT2D eigenvalue weighted by Gasteiger charge is -2.27. The van der Waals surface area contributed by atoms with E-state index in [4.69, 9.17) is 11.5 Å². The van der Waals surface area contributed by atoms with Gasteiger partial charge in [-0.1, -0.05) is 54.6 Å². The topological polar surface area (TPSA) is 106 Å². The number of amides is 2. The second kappa shape index (κ2) is 8.35. The summed E-state index contributed by atoms with van der Waals surface area (Å²) in [6.07, 6.45) is 1.40.